The van der Waals surface area contributed by atoms with E-state index in [2.05, 4.69) is 23.2 Å². The first-order valence-corrected chi connectivity index (χ1v) is 11.4. The van der Waals surface area contributed by atoms with E-state index in [1.54, 1.807) is 0 Å². The number of carbonyl (C=O) groups is 1. The first kappa shape index (κ1) is 20.5. The molecule has 0 bridgehead atoms. The molecular formula is C23H26N4O2S. The fraction of sp³-hybridized carbons (Fsp3) is 0.348. The number of fused-ring (bicyclic) bond motifs is 1. The lowest BCUT2D eigenvalue weighted by molar-refractivity contribution is -0.116. The molecule has 1 aliphatic heterocycles. The van der Waals surface area contributed by atoms with Crippen molar-refractivity contribution >= 4 is 23.4 Å². The third kappa shape index (κ3) is 4.07. The van der Waals surface area contributed by atoms with Gasteiger partial charge in [0.25, 0.3) is 0 Å². The molecule has 0 aliphatic carbocycles. The van der Waals surface area contributed by atoms with Gasteiger partial charge in [-0.05, 0) is 50.5 Å². The van der Waals surface area contributed by atoms with E-state index in [9.17, 15) is 4.79 Å². The summed E-state index contributed by atoms with van der Waals surface area (Å²) >= 11 is 1.44. The Kier molecular flexibility index (Phi) is 6.38. The van der Waals surface area contributed by atoms with Gasteiger partial charge < -0.3 is 14.2 Å². The summed E-state index contributed by atoms with van der Waals surface area (Å²) < 4.78 is 7.80. The van der Waals surface area contributed by atoms with Crippen molar-refractivity contribution in [1.29, 1.82) is 0 Å². The molecular weight excluding hydrogens is 396 g/mol. The maximum atomic E-state index is 13.0. The monoisotopic (exact) mass is 422 g/mol. The van der Waals surface area contributed by atoms with Gasteiger partial charge in [-0.2, -0.15) is 0 Å². The van der Waals surface area contributed by atoms with Crippen molar-refractivity contribution < 1.29 is 9.53 Å². The normalized spacial score (nSPS) is 13.2. The number of aryl methyl sites for hydroxylation is 1. The molecule has 3 aromatic rings. The Bertz CT molecular complexity index is 1030. The summed E-state index contributed by atoms with van der Waals surface area (Å²) in [5.41, 5.74) is 3.20. The zero-order chi connectivity index (χ0) is 20.9. The summed E-state index contributed by atoms with van der Waals surface area (Å²) in [7, 11) is 0. The third-order valence-corrected chi connectivity index (χ3v) is 6.15. The van der Waals surface area contributed by atoms with Crippen LogP contribution in [0, 0.1) is 0 Å². The standard InChI is InChI=1S/C23H26N4O2S/c1-3-26-22(18-12-6-8-14-20(18)29-4-2)24-25-23(26)30-16-21(28)27-15-9-11-17-10-5-7-13-19(17)27/h5-8,10,12-14H,3-4,9,11,15-16H2,1-2H3. The lowest BCUT2D eigenvalue weighted by atomic mass is 10.0. The number of ether oxygens (including phenoxy) is 1. The van der Waals surface area contributed by atoms with Crippen LogP contribution in [0.5, 0.6) is 5.75 Å². The zero-order valence-electron chi connectivity index (χ0n) is 17.4. The Morgan fingerprint density at radius 1 is 1.10 bits per heavy atom. The number of nitrogens with zero attached hydrogens (tertiary/aromatic N) is 4. The number of thioether (sulfide) groups is 1. The summed E-state index contributed by atoms with van der Waals surface area (Å²) in [6, 6.07) is 16.0. The highest BCUT2D eigenvalue weighted by molar-refractivity contribution is 7.99. The van der Waals surface area contributed by atoms with E-state index < -0.39 is 0 Å². The minimum Gasteiger partial charge on any atom is -0.493 e. The summed E-state index contributed by atoms with van der Waals surface area (Å²) in [6.07, 6.45) is 2.02. The summed E-state index contributed by atoms with van der Waals surface area (Å²) in [4.78, 5) is 14.9. The Morgan fingerprint density at radius 3 is 2.73 bits per heavy atom. The number of hydrogen-bond donors (Lipinski definition) is 0. The number of para-hydroxylation sites is 2. The molecule has 0 saturated heterocycles. The molecule has 0 saturated carbocycles. The molecule has 0 spiro atoms. The molecule has 0 unspecified atom stereocenters. The van der Waals surface area contributed by atoms with Crippen LogP contribution in [-0.2, 0) is 17.8 Å². The molecule has 0 atom stereocenters. The molecule has 2 heterocycles. The number of hydrogen-bond acceptors (Lipinski definition) is 5. The van der Waals surface area contributed by atoms with Gasteiger partial charge in [0.1, 0.15) is 5.75 Å². The van der Waals surface area contributed by atoms with Gasteiger partial charge in [-0.3, -0.25) is 4.79 Å². The van der Waals surface area contributed by atoms with E-state index in [0.29, 0.717) is 18.9 Å². The maximum absolute atomic E-state index is 13.0. The van der Waals surface area contributed by atoms with Crippen LogP contribution in [0.1, 0.15) is 25.8 Å². The molecule has 6 nitrogen and oxygen atoms in total. The van der Waals surface area contributed by atoms with Crippen LogP contribution in [0.25, 0.3) is 11.4 Å². The molecule has 2 aromatic carbocycles. The van der Waals surface area contributed by atoms with Gasteiger partial charge in [0.15, 0.2) is 11.0 Å². The van der Waals surface area contributed by atoms with Crippen molar-refractivity contribution in [3.05, 3.63) is 54.1 Å². The number of amides is 1. The average molecular weight is 423 g/mol. The predicted molar refractivity (Wildman–Crippen MR) is 120 cm³/mol. The van der Waals surface area contributed by atoms with Crippen LogP contribution in [0.3, 0.4) is 0 Å². The fourth-order valence-corrected chi connectivity index (χ4v) is 4.69. The smallest absolute Gasteiger partial charge is 0.237 e. The third-order valence-electron chi connectivity index (χ3n) is 5.20. The van der Waals surface area contributed by atoms with Gasteiger partial charge in [-0.15, -0.1) is 10.2 Å². The molecule has 0 fully saturated rings. The number of benzene rings is 2. The van der Waals surface area contributed by atoms with Gasteiger partial charge in [-0.1, -0.05) is 42.1 Å². The molecule has 156 valence electrons. The molecule has 0 N–H and O–H groups in total. The molecule has 7 heteroatoms. The Hall–Kier alpha value is -2.80. The van der Waals surface area contributed by atoms with Gasteiger partial charge in [0.2, 0.25) is 5.91 Å². The Labute approximate surface area is 181 Å². The zero-order valence-corrected chi connectivity index (χ0v) is 18.2. The van der Waals surface area contributed by atoms with E-state index in [4.69, 9.17) is 4.74 Å². The van der Waals surface area contributed by atoms with Crippen LogP contribution < -0.4 is 9.64 Å². The quantitative estimate of drug-likeness (QED) is 0.527. The van der Waals surface area contributed by atoms with Crippen molar-refractivity contribution in [1.82, 2.24) is 14.8 Å². The van der Waals surface area contributed by atoms with Crippen molar-refractivity contribution in [2.24, 2.45) is 0 Å². The largest absolute Gasteiger partial charge is 0.493 e. The lowest BCUT2D eigenvalue weighted by Crippen LogP contribution is -2.36. The molecule has 1 amide bonds. The van der Waals surface area contributed by atoms with E-state index in [1.807, 2.05) is 58.9 Å². The van der Waals surface area contributed by atoms with Crippen molar-refractivity contribution in [3.8, 4) is 17.1 Å². The minimum atomic E-state index is 0.106. The number of aromatic nitrogens is 3. The predicted octanol–water partition coefficient (Wildman–Crippen LogP) is 4.44. The molecule has 0 radical (unpaired) electrons. The van der Waals surface area contributed by atoms with Crippen molar-refractivity contribution in [2.45, 2.75) is 38.4 Å². The van der Waals surface area contributed by atoms with E-state index in [1.165, 1.54) is 17.3 Å². The number of carbonyl (C=O) groups excluding carboxylic acids is 1. The average Bonchev–Trinajstić information content (AvgIpc) is 3.20. The molecule has 1 aliphatic rings. The van der Waals surface area contributed by atoms with Crippen LogP contribution in [0.2, 0.25) is 0 Å². The first-order valence-electron chi connectivity index (χ1n) is 10.4. The Balaban J connectivity index is 1.52. The van der Waals surface area contributed by atoms with Crippen molar-refractivity contribution in [2.75, 3.05) is 23.8 Å². The minimum absolute atomic E-state index is 0.106. The van der Waals surface area contributed by atoms with Crippen LogP contribution in [0.15, 0.2) is 53.7 Å². The molecule has 4 rings (SSSR count). The van der Waals surface area contributed by atoms with Crippen LogP contribution in [-0.4, -0.2) is 39.6 Å². The highest BCUT2D eigenvalue weighted by Gasteiger charge is 2.23. The fourth-order valence-electron chi connectivity index (χ4n) is 3.81. The number of anilines is 1. The van der Waals surface area contributed by atoms with Crippen LogP contribution in [0.4, 0.5) is 5.69 Å². The summed E-state index contributed by atoms with van der Waals surface area (Å²) in [5, 5.41) is 9.54. The number of rotatable bonds is 7. The van der Waals surface area contributed by atoms with Gasteiger partial charge in [-0.25, -0.2) is 0 Å². The summed E-state index contributed by atoms with van der Waals surface area (Å²) in [6.45, 7) is 6.09. The second-order valence-electron chi connectivity index (χ2n) is 7.05. The second kappa shape index (κ2) is 9.34. The van der Waals surface area contributed by atoms with E-state index >= 15 is 0 Å². The lowest BCUT2D eigenvalue weighted by Gasteiger charge is -2.29. The Morgan fingerprint density at radius 2 is 1.90 bits per heavy atom. The molecule has 1 aromatic heterocycles. The SMILES string of the molecule is CCOc1ccccc1-c1nnc(SCC(=O)N2CCCc3ccccc32)n1CC. The summed E-state index contributed by atoms with van der Waals surface area (Å²) in [5.74, 6) is 1.99. The van der Waals surface area contributed by atoms with Gasteiger partial charge in [0.05, 0.1) is 17.9 Å². The first-order chi connectivity index (χ1) is 14.7. The molecule has 30 heavy (non-hydrogen) atoms. The van der Waals surface area contributed by atoms with Gasteiger partial charge >= 0.3 is 0 Å². The second-order valence-corrected chi connectivity index (χ2v) is 7.99. The highest BCUT2D eigenvalue weighted by Crippen LogP contribution is 2.32. The highest BCUT2D eigenvalue weighted by atomic mass is 32.2. The maximum Gasteiger partial charge on any atom is 0.237 e. The van der Waals surface area contributed by atoms with Crippen LogP contribution >= 0.6 is 11.8 Å². The topological polar surface area (TPSA) is 60.3 Å². The van der Waals surface area contributed by atoms with Crippen molar-refractivity contribution in [3.63, 3.8) is 0 Å². The van der Waals surface area contributed by atoms with Gasteiger partial charge in [0, 0.05) is 18.8 Å². The van der Waals surface area contributed by atoms with E-state index in [0.717, 1.165) is 47.4 Å². The van der Waals surface area contributed by atoms with E-state index in [-0.39, 0.29) is 5.91 Å².